The number of furan rings is 1. The summed E-state index contributed by atoms with van der Waals surface area (Å²) < 4.78 is 10.7. The average molecular weight is 361 g/mol. The van der Waals surface area contributed by atoms with Gasteiger partial charge in [0, 0.05) is 19.0 Å². The third-order valence-electron chi connectivity index (χ3n) is 4.62. The van der Waals surface area contributed by atoms with E-state index < -0.39 is 0 Å². The van der Waals surface area contributed by atoms with Gasteiger partial charge in [-0.05, 0) is 30.2 Å². The lowest BCUT2D eigenvalue weighted by atomic mass is 9.89. The van der Waals surface area contributed by atoms with Crippen LogP contribution in [-0.2, 0) is 6.54 Å². The Morgan fingerprint density at radius 3 is 2.68 bits per heavy atom. The minimum absolute atomic E-state index is 0. The molecule has 7 heteroatoms. The van der Waals surface area contributed by atoms with E-state index >= 15 is 0 Å². The summed E-state index contributed by atoms with van der Waals surface area (Å²) in [6.45, 7) is 3.20. The van der Waals surface area contributed by atoms with Gasteiger partial charge in [-0.25, -0.2) is 0 Å². The molecule has 25 heavy (non-hydrogen) atoms. The van der Waals surface area contributed by atoms with Gasteiger partial charge in [-0.2, -0.15) is 4.98 Å². The third kappa shape index (κ3) is 3.76. The van der Waals surface area contributed by atoms with Crippen molar-refractivity contribution in [3.05, 3.63) is 60.2 Å². The van der Waals surface area contributed by atoms with Gasteiger partial charge in [-0.3, -0.25) is 4.90 Å². The Morgan fingerprint density at radius 2 is 1.96 bits per heavy atom. The van der Waals surface area contributed by atoms with E-state index in [9.17, 15) is 0 Å². The highest BCUT2D eigenvalue weighted by atomic mass is 35.5. The maximum atomic E-state index is 5.99. The summed E-state index contributed by atoms with van der Waals surface area (Å²) in [6.07, 6.45) is 1.60. The predicted octanol–water partition coefficient (Wildman–Crippen LogP) is 2.93. The van der Waals surface area contributed by atoms with Gasteiger partial charge in [0.25, 0.3) is 0 Å². The summed E-state index contributed by atoms with van der Waals surface area (Å²) in [5.41, 5.74) is 7.34. The molecule has 2 N–H and O–H groups in total. The molecule has 132 valence electrons. The molecule has 0 bridgehead atoms. The normalized spacial score (nSPS) is 20.5. The number of hydrogen-bond donors (Lipinski definition) is 1. The molecule has 0 unspecified atom stereocenters. The molecule has 1 fully saturated rings. The SMILES string of the molecule is Cl.NC[C@@H]1CN(Cc2nc(-c3ccco3)no2)C[C@H]1c1ccccc1. The molecule has 0 amide bonds. The van der Waals surface area contributed by atoms with Gasteiger partial charge in [0.05, 0.1) is 12.8 Å². The Bertz CT molecular complexity index is 775. The molecule has 2 atom stereocenters. The monoisotopic (exact) mass is 360 g/mol. The lowest BCUT2D eigenvalue weighted by molar-refractivity contribution is 0.260. The fraction of sp³-hybridized carbons (Fsp3) is 0.333. The second-order valence-electron chi connectivity index (χ2n) is 6.20. The molecular weight excluding hydrogens is 340 g/mol. The van der Waals surface area contributed by atoms with Crippen molar-refractivity contribution in [2.24, 2.45) is 11.7 Å². The van der Waals surface area contributed by atoms with E-state index in [2.05, 4.69) is 39.3 Å². The number of hydrogen-bond acceptors (Lipinski definition) is 6. The average Bonchev–Trinajstić information content (AvgIpc) is 3.36. The highest BCUT2D eigenvalue weighted by molar-refractivity contribution is 5.85. The van der Waals surface area contributed by atoms with Crippen molar-refractivity contribution in [1.29, 1.82) is 0 Å². The Balaban J connectivity index is 0.00000182. The Labute approximate surface area is 152 Å². The number of nitrogens with zero attached hydrogens (tertiary/aromatic N) is 3. The smallest absolute Gasteiger partial charge is 0.241 e. The topological polar surface area (TPSA) is 81.3 Å². The first-order valence-electron chi connectivity index (χ1n) is 8.17. The van der Waals surface area contributed by atoms with E-state index in [0.717, 1.165) is 13.1 Å². The van der Waals surface area contributed by atoms with Crippen molar-refractivity contribution in [3.8, 4) is 11.6 Å². The first-order chi connectivity index (χ1) is 11.8. The van der Waals surface area contributed by atoms with Crippen molar-refractivity contribution in [2.45, 2.75) is 12.5 Å². The van der Waals surface area contributed by atoms with E-state index in [1.54, 1.807) is 6.26 Å². The second-order valence-corrected chi connectivity index (χ2v) is 6.20. The molecule has 1 aliphatic heterocycles. The summed E-state index contributed by atoms with van der Waals surface area (Å²) in [5, 5.41) is 3.99. The first-order valence-corrected chi connectivity index (χ1v) is 8.17. The van der Waals surface area contributed by atoms with Crippen LogP contribution in [0.25, 0.3) is 11.6 Å². The molecule has 6 nitrogen and oxygen atoms in total. The van der Waals surface area contributed by atoms with Gasteiger partial charge in [-0.1, -0.05) is 35.5 Å². The van der Waals surface area contributed by atoms with Gasteiger partial charge in [-0.15, -0.1) is 12.4 Å². The molecule has 1 saturated heterocycles. The maximum absolute atomic E-state index is 5.99. The van der Waals surface area contributed by atoms with Gasteiger partial charge in [0.2, 0.25) is 11.7 Å². The molecule has 0 saturated carbocycles. The summed E-state index contributed by atoms with van der Waals surface area (Å²) in [6, 6.07) is 14.2. The van der Waals surface area contributed by atoms with E-state index in [4.69, 9.17) is 14.7 Å². The predicted molar refractivity (Wildman–Crippen MR) is 96.3 cm³/mol. The zero-order chi connectivity index (χ0) is 16.4. The van der Waals surface area contributed by atoms with Gasteiger partial charge < -0.3 is 14.7 Å². The van der Waals surface area contributed by atoms with E-state index in [0.29, 0.717) is 42.4 Å². The van der Waals surface area contributed by atoms with Gasteiger partial charge >= 0.3 is 0 Å². The Kier molecular flexibility index (Phi) is 5.53. The summed E-state index contributed by atoms with van der Waals surface area (Å²) in [7, 11) is 0. The van der Waals surface area contributed by atoms with E-state index in [1.165, 1.54) is 5.56 Å². The molecule has 1 aromatic carbocycles. The molecular formula is C18H21ClN4O2. The highest BCUT2D eigenvalue weighted by Crippen LogP contribution is 2.32. The summed E-state index contributed by atoms with van der Waals surface area (Å²) in [5.74, 6) is 2.60. The van der Waals surface area contributed by atoms with E-state index in [1.807, 2.05) is 18.2 Å². The minimum atomic E-state index is 0. The van der Waals surface area contributed by atoms with Gasteiger partial charge in [0.1, 0.15) is 0 Å². The van der Waals surface area contributed by atoms with Crippen LogP contribution in [0.5, 0.6) is 0 Å². The number of halogens is 1. The van der Waals surface area contributed by atoms with Crippen LogP contribution in [0.2, 0.25) is 0 Å². The van der Waals surface area contributed by atoms with Crippen molar-refractivity contribution in [3.63, 3.8) is 0 Å². The third-order valence-corrected chi connectivity index (χ3v) is 4.62. The number of aromatic nitrogens is 2. The Hall–Kier alpha value is -2.15. The summed E-state index contributed by atoms with van der Waals surface area (Å²) in [4.78, 5) is 6.75. The quantitative estimate of drug-likeness (QED) is 0.753. The van der Waals surface area contributed by atoms with Gasteiger partial charge in [0.15, 0.2) is 5.76 Å². The zero-order valence-electron chi connectivity index (χ0n) is 13.7. The number of nitrogens with two attached hydrogens (primary N) is 1. The van der Waals surface area contributed by atoms with Crippen molar-refractivity contribution in [1.82, 2.24) is 15.0 Å². The zero-order valence-corrected chi connectivity index (χ0v) is 14.6. The number of benzene rings is 1. The van der Waals surface area contributed by atoms with Crippen LogP contribution in [-0.4, -0.2) is 34.7 Å². The standard InChI is InChI=1S/C18H20N4O2.ClH/c19-9-14-10-22(11-15(14)13-5-2-1-3-6-13)12-17-20-18(21-24-17)16-7-4-8-23-16;/h1-8,14-15H,9-12,19H2;1H/t14-,15+;/m1./s1. The van der Waals surface area contributed by atoms with Crippen LogP contribution in [0.15, 0.2) is 57.7 Å². The minimum Gasteiger partial charge on any atom is -0.461 e. The van der Waals surface area contributed by atoms with Crippen LogP contribution in [0, 0.1) is 5.92 Å². The maximum Gasteiger partial charge on any atom is 0.241 e. The molecule has 2 aromatic heterocycles. The summed E-state index contributed by atoms with van der Waals surface area (Å²) >= 11 is 0. The fourth-order valence-corrected chi connectivity index (χ4v) is 3.42. The van der Waals surface area contributed by atoms with Crippen molar-refractivity contribution >= 4 is 12.4 Å². The molecule has 0 spiro atoms. The largest absolute Gasteiger partial charge is 0.461 e. The Morgan fingerprint density at radius 1 is 1.12 bits per heavy atom. The van der Waals surface area contributed by atoms with Crippen molar-refractivity contribution < 1.29 is 8.94 Å². The molecule has 3 aromatic rings. The first kappa shape index (κ1) is 17.7. The molecule has 4 rings (SSSR count). The highest BCUT2D eigenvalue weighted by Gasteiger charge is 2.33. The van der Waals surface area contributed by atoms with Crippen LogP contribution in [0.1, 0.15) is 17.4 Å². The van der Waals surface area contributed by atoms with Crippen LogP contribution in [0.4, 0.5) is 0 Å². The molecule has 0 aliphatic carbocycles. The molecule has 1 aliphatic rings. The lowest BCUT2D eigenvalue weighted by Crippen LogP contribution is -2.23. The fourth-order valence-electron chi connectivity index (χ4n) is 3.42. The molecule has 0 radical (unpaired) electrons. The lowest BCUT2D eigenvalue weighted by Gasteiger charge is -2.16. The van der Waals surface area contributed by atoms with Crippen molar-refractivity contribution in [2.75, 3.05) is 19.6 Å². The van der Waals surface area contributed by atoms with Crippen LogP contribution in [0.3, 0.4) is 0 Å². The molecule has 3 heterocycles. The van der Waals surface area contributed by atoms with Crippen LogP contribution >= 0.6 is 12.4 Å². The number of likely N-dealkylation sites (tertiary alicyclic amines) is 1. The van der Waals surface area contributed by atoms with E-state index in [-0.39, 0.29) is 12.4 Å². The van der Waals surface area contributed by atoms with Crippen LogP contribution < -0.4 is 5.73 Å². The second kappa shape index (κ2) is 7.82. The number of rotatable bonds is 5.